The van der Waals surface area contributed by atoms with Crippen molar-refractivity contribution in [3.05, 3.63) is 11.6 Å². The fourth-order valence-electron chi connectivity index (χ4n) is 4.54. The molecule has 2 aliphatic heterocycles. The zero-order chi connectivity index (χ0) is 19.9. The number of nitrogens with zero attached hydrogens (tertiary/aromatic N) is 6. The highest BCUT2D eigenvalue weighted by molar-refractivity contribution is 5.78. The number of rotatable bonds is 6. The molecule has 158 valence electrons. The van der Waals surface area contributed by atoms with E-state index in [1.807, 2.05) is 0 Å². The third-order valence-corrected chi connectivity index (χ3v) is 6.15. The molecule has 3 rings (SSSR count). The highest BCUT2D eigenvalue weighted by atomic mass is 16.2. The zero-order valence-electron chi connectivity index (χ0n) is 18.1. The highest BCUT2D eigenvalue weighted by Gasteiger charge is 2.28. The molecule has 28 heavy (non-hydrogen) atoms. The van der Waals surface area contributed by atoms with Crippen LogP contribution in [0.1, 0.15) is 69.4 Å². The van der Waals surface area contributed by atoms with Crippen molar-refractivity contribution in [2.75, 3.05) is 46.8 Å². The summed E-state index contributed by atoms with van der Waals surface area (Å²) in [6.45, 7) is 8.32. The van der Waals surface area contributed by atoms with Crippen LogP contribution in [0, 0.1) is 0 Å². The topological polar surface area (TPSA) is 57.5 Å². The summed E-state index contributed by atoms with van der Waals surface area (Å²) in [6, 6.07) is 0. The maximum atomic E-state index is 12.8. The van der Waals surface area contributed by atoms with Gasteiger partial charge in [-0.25, -0.2) is 0 Å². The lowest BCUT2D eigenvalue weighted by molar-refractivity contribution is -0.133. The minimum absolute atomic E-state index is 0.310. The van der Waals surface area contributed by atoms with E-state index in [-0.39, 0.29) is 0 Å². The van der Waals surface area contributed by atoms with Crippen LogP contribution in [-0.2, 0) is 17.9 Å². The van der Waals surface area contributed by atoms with Gasteiger partial charge in [0.2, 0.25) is 5.91 Å². The largest absolute Gasteiger partial charge is 0.342 e. The van der Waals surface area contributed by atoms with E-state index in [0.717, 1.165) is 63.8 Å². The van der Waals surface area contributed by atoms with Crippen LogP contribution in [0.3, 0.4) is 0 Å². The molecule has 7 nitrogen and oxygen atoms in total. The van der Waals surface area contributed by atoms with Crippen LogP contribution in [0.25, 0.3) is 0 Å². The normalized spacial score (nSPS) is 20.4. The van der Waals surface area contributed by atoms with Crippen molar-refractivity contribution in [1.29, 1.82) is 0 Å². The van der Waals surface area contributed by atoms with Crippen molar-refractivity contribution in [1.82, 2.24) is 29.5 Å². The quantitative estimate of drug-likeness (QED) is 0.746. The number of carbonyl (C=O) groups is 1. The fraction of sp³-hybridized carbons (Fsp3) is 0.857. The van der Waals surface area contributed by atoms with Gasteiger partial charge in [0.25, 0.3) is 0 Å². The van der Waals surface area contributed by atoms with Gasteiger partial charge in [-0.1, -0.05) is 19.3 Å². The van der Waals surface area contributed by atoms with Crippen LogP contribution in [0.15, 0.2) is 0 Å². The van der Waals surface area contributed by atoms with Crippen LogP contribution in [0.2, 0.25) is 0 Å². The molecule has 2 fully saturated rings. The molecule has 2 aliphatic rings. The standard InChI is InChI=1S/C21H38N6O/c1-4-27-19(16-24(2)3)22-23-21(27)18-10-14-26(15-11-18)20(28)17-25-12-8-6-5-7-9-13-25/h18H,4-17H2,1-3H3. The Bertz CT molecular complexity index is 612. The smallest absolute Gasteiger partial charge is 0.236 e. The minimum Gasteiger partial charge on any atom is -0.342 e. The predicted molar refractivity (Wildman–Crippen MR) is 111 cm³/mol. The number of carbonyl (C=O) groups excluding carboxylic acids is 1. The van der Waals surface area contributed by atoms with Crippen molar-refractivity contribution in [2.45, 2.75) is 70.9 Å². The number of hydrogen-bond donors (Lipinski definition) is 0. The molecule has 3 heterocycles. The Morgan fingerprint density at radius 1 is 1.00 bits per heavy atom. The van der Waals surface area contributed by atoms with Gasteiger partial charge in [0.05, 0.1) is 13.1 Å². The third-order valence-electron chi connectivity index (χ3n) is 6.15. The molecule has 0 atom stereocenters. The molecule has 0 N–H and O–H groups in total. The Kier molecular flexibility index (Phi) is 7.85. The molecule has 0 bridgehead atoms. The molecule has 1 aromatic rings. The second kappa shape index (κ2) is 10.3. The van der Waals surface area contributed by atoms with Crippen molar-refractivity contribution in [3.63, 3.8) is 0 Å². The molecular weight excluding hydrogens is 352 g/mol. The summed E-state index contributed by atoms with van der Waals surface area (Å²) in [5.74, 6) is 2.87. The molecule has 0 aliphatic carbocycles. The number of likely N-dealkylation sites (tertiary alicyclic amines) is 2. The number of aromatic nitrogens is 3. The summed E-state index contributed by atoms with van der Waals surface area (Å²) in [4.78, 5) is 19.4. The lowest BCUT2D eigenvalue weighted by Gasteiger charge is -2.33. The molecule has 0 radical (unpaired) electrons. The van der Waals surface area contributed by atoms with Crippen molar-refractivity contribution in [3.8, 4) is 0 Å². The summed E-state index contributed by atoms with van der Waals surface area (Å²) < 4.78 is 2.27. The second-order valence-corrected chi connectivity index (χ2v) is 8.66. The lowest BCUT2D eigenvalue weighted by Crippen LogP contribution is -2.44. The van der Waals surface area contributed by atoms with Gasteiger partial charge in [-0.3, -0.25) is 9.69 Å². The molecule has 1 aromatic heterocycles. The SMILES string of the molecule is CCn1c(CN(C)C)nnc1C1CCN(C(=O)CN2CCCCCCC2)CC1. The van der Waals surface area contributed by atoms with Gasteiger partial charge in [0.1, 0.15) is 11.6 Å². The molecule has 0 saturated carbocycles. The van der Waals surface area contributed by atoms with E-state index >= 15 is 0 Å². The van der Waals surface area contributed by atoms with Gasteiger partial charge >= 0.3 is 0 Å². The predicted octanol–water partition coefficient (Wildman–Crippen LogP) is 2.33. The maximum absolute atomic E-state index is 12.8. The van der Waals surface area contributed by atoms with E-state index in [4.69, 9.17) is 0 Å². The number of amides is 1. The number of piperidine rings is 1. The Balaban J connectivity index is 1.52. The average molecular weight is 391 g/mol. The molecule has 1 amide bonds. The maximum Gasteiger partial charge on any atom is 0.236 e. The first-order valence-corrected chi connectivity index (χ1v) is 11.1. The first kappa shape index (κ1) is 21.2. The second-order valence-electron chi connectivity index (χ2n) is 8.66. The summed E-state index contributed by atoms with van der Waals surface area (Å²) in [6.07, 6.45) is 8.42. The van der Waals surface area contributed by atoms with E-state index in [0.29, 0.717) is 18.4 Å². The average Bonchev–Trinajstić information content (AvgIpc) is 3.05. The van der Waals surface area contributed by atoms with Crippen molar-refractivity contribution < 1.29 is 4.79 Å². The summed E-state index contributed by atoms with van der Waals surface area (Å²) in [5.41, 5.74) is 0. The highest BCUT2D eigenvalue weighted by Crippen LogP contribution is 2.27. The Hall–Kier alpha value is -1.47. The van der Waals surface area contributed by atoms with Crippen molar-refractivity contribution >= 4 is 5.91 Å². The molecule has 0 unspecified atom stereocenters. The van der Waals surface area contributed by atoms with Crippen LogP contribution in [0.4, 0.5) is 0 Å². The van der Waals surface area contributed by atoms with Crippen LogP contribution >= 0.6 is 0 Å². The first-order valence-electron chi connectivity index (χ1n) is 11.1. The Labute approximate surface area is 170 Å². The zero-order valence-corrected chi connectivity index (χ0v) is 18.1. The van der Waals surface area contributed by atoms with Crippen LogP contribution < -0.4 is 0 Å². The third kappa shape index (κ3) is 5.54. The van der Waals surface area contributed by atoms with E-state index in [2.05, 4.69) is 50.5 Å². The lowest BCUT2D eigenvalue weighted by atomic mass is 9.95. The fourth-order valence-corrected chi connectivity index (χ4v) is 4.54. The van der Waals surface area contributed by atoms with Gasteiger partial charge < -0.3 is 14.4 Å². The van der Waals surface area contributed by atoms with Gasteiger partial charge in [-0.2, -0.15) is 0 Å². The van der Waals surface area contributed by atoms with Crippen LogP contribution in [-0.4, -0.2) is 82.2 Å². The molecule has 0 spiro atoms. The number of hydrogen-bond acceptors (Lipinski definition) is 5. The van der Waals surface area contributed by atoms with Gasteiger partial charge in [-0.05, 0) is 59.8 Å². The van der Waals surface area contributed by atoms with Gasteiger partial charge in [-0.15, -0.1) is 10.2 Å². The van der Waals surface area contributed by atoms with E-state index in [1.165, 1.54) is 32.1 Å². The Morgan fingerprint density at radius 2 is 1.64 bits per heavy atom. The van der Waals surface area contributed by atoms with Crippen LogP contribution in [0.5, 0.6) is 0 Å². The van der Waals surface area contributed by atoms with E-state index in [9.17, 15) is 4.79 Å². The molecule has 2 saturated heterocycles. The molecule has 7 heteroatoms. The van der Waals surface area contributed by atoms with Gasteiger partial charge in [0.15, 0.2) is 0 Å². The van der Waals surface area contributed by atoms with Gasteiger partial charge in [0, 0.05) is 25.6 Å². The summed E-state index contributed by atoms with van der Waals surface area (Å²) in [7, 11) is 4.12. The van der Waals surface area contributed by atoms with Crippen molar-refractivity contribution in [2.24, 2.45) is 0 Å². The summed E-state index contributed by atoms with van der Waals surface area (Å²) in [5, 5.41) is 8.96. The van der Waals surface area contributed by atoms with E-state index in [1.54, 1.807) is 0 Å². The van der Waals surface area contributed by atoms with E-state index < -0.39 is 0 Å². The monoisotopic (exact) mass is 390 g/mol. The summed E-state index contributed by atoms with van der Waals surface area (Å²) >= 11 is 0. The minimum atomic E-state index is 0.310. The Morgan fingerprint density at radius 3 is 2.25 bits per heavy atom. The first-order chi connectivity index (χ1) is 13.6. The molecular formula is C21H38N6O. The molecule has 0 aromatic carbocycles.